The smallest absolute Gasteiger partial charge is 0.257 e. The highest BCUT2D eigenvalue weighted by Gasteiger charge is 2.17. The zero-order chi connectivity index (χ0) is 15.4. The van der Waals surface area contributed by atoms with Gasteiger partial charge in [-0.1, -0.05) is 6.58 Å². The number of Topliss-reactive ketones (excluding diaryl/α,β-unsaturated/α-hetero) is 1. The molecule has 6 heteroatoms. The van der Waals surface area contributed by atoms with Gasteiger partial charge in [-0.3, -0.25) is 9.59 Å². The predicted molar refractivity (Wildman–Crippen MR) is 78.0 cm³/mol. The second kappa shape index (κ2) is 6.04. The first kappa shape index (κ1) is 14.5. The quantitative estimate of drug-likeness (QED) is 0.847. The van der Waals surface area contributed by atoms with Gasteiger partial charge in [-0.25, -0.2) is 4.68 Å². The minimum Gasteiger partial charge on any atom is -0.508 e. The molecule has 1 N–H and O–H groups in total. The number of amides is 1. The third kappa shape index (κ3) is 3.36. The Hall–Kier alpha value is -2.89. The molecule has 1 heterocycles. The SMILES string of the molecule is C=Cn1cc(C(=O)N(C)CC(=O)c2ccc(O)cc2)cn1. The Morgan fingerprint density at radius 3 is 2.57 bits per heavy atom. The summed E-state index contributed by atoms with van der Waals surface area (Å²) in [7, 11) is 1.55. The zero-order valence-electron chi connectivity index (χ0n) is 11.6. The molecule has 108 valence electrons. The molecule has 0 aliphatic rings. The Morgan fingerprint density at radius 2 is 2.00 bits per heavy atom. The van der Waals surface area contributed by atoms with Crippen LogP contribution in [0.15, 0.2) is 43.2 Å². The van der Waals surface area contributed by atoms with Crippen molar-refractivity contribution in [2.24, 2.45) is 0 Å². The van der Waals surface area contributed by atoms with Gasteiger partial charge in [-0.05, 0) is 24.3 Å². The highest BCUT2D eigenvalue weighted by Crippen LogP contribution is 2.11. The molecule has 0 spiro atoms. The number of phenolic OH excluding ortho intramolecular Hbond substituents is 1. The van der Waals surface area contributed by atoms with Gasteiger partial charge in [0.05, 0.1) is 18.3 Å². The molecule has 0 unspecified atom stereocenters. The van der Waals surface area contributed by atoms with Crippen LogP contribution in [0.2, 0.25) is 0 Å². The Balaban J connectivity index is 2.04. The van der Waals surface area contributed by atoms with Crippen LogP contribution in [-0.4, -0.2) is 45.1 Å². The van der Waals surface area contributed by atoms with E-state index in [2.05, 4.69) is 11.7 Å². The number of carbonyl (C=O) groups excluding carboxylic acids is 2. The molecule has 0 saturated carbocycles. The van der Waals surface area contributed by atoms with Crippen molar-refractivity contribution in [1.29, 1.82) is 0 Å². The molecular weight excluding hydrogens is 270 g/mol. The van der Waals surface area contributed by atoms with Gasteiger partial charge in [0, 0.05) is 25.0 Å². The number of likely N-dealkylation sites (N-methyl/N-ethyl adjacent to an activating group) is 1. The predicted octanol–water partition coefficient (Wildman–Crippen LogP) is 1.64. The van der Waals surface area contributed by atoms with Crippen LogP contribution in [0.5, 0.6) is 5.75 Å². The van der Waals surface area contributed by atoms with Gasteiger partial charge in [-0.15, -0.1) is 0 Å². The van der Waals surface area contributed by atoms with Crippen molar-refractivity contribution in [1.82, 2.24) is 14.7 Å². The molecule has 21 heavy (non-hydrogen) atoms. The first-order valence-corrected chi connectivity index (χ1v) is 6.25. The van der Waals surface area contributed by atoms with E-state index in [-0.39, 0.29) is 24.0 Å². The molecule has 0 bridgehead atoms. The number of carbonyl (C=O) groups is 2. The fraction of sp³-hybridized carbons (Fsp3) is 0.133. The summed E-state index contributed by atoms with van der Waals surface area (Å²) in [5.74, 6) is -0.412. The van der Waals surface area contributed by atoms with Gasteiger partial charge < -0.3 is 10.0 Å². The van der Waals surface area contributed by atoms with Crippen molar-refractivity contribution in [2.75, 3.05) is 13.6 Å². The van der Waals surface area contributed by atoms with Gasteiger partial charge in [-0.2, -0.15) is 5.10 Å². The van der Waals surface area contributed by atoms with Gasteiger partial charge in [0.15, 0.2) is 5.78 Å². The molecule has 0 fully saturated rings. The van der Waals surface area contributed by atoms with Crippen LogP contribution in [0, 0.1) is 0 Å². The number of aromatic hydroxyl groups is 1. The molecule has 1 aromatic heterocycles. The lowest BCUT2D eigenvalue weighted by Gasteiger charge is -2.15. The van der Waals surface area contributed by atoms with Crippen LogP contribution in [-0.2, 0) is 0 Å². The summed E-state index contributed by atoms with van der Waals surface area (Å²) in [4.78, 5) is 25.5. The highest BCUT2D eigenvalue weighted by molar-refractivity contribution is 6.01. The average Bonchev–Trinajstić information content (AvgIpc) is 2.95. The lowest BCUT2D eigenvalue weighted by molar-refractivity contribution is 0.0747. The van der Waals surface area contributed by atoms with Crippen LogP contribution in [0.1, 0.15) is 20.7 Å². The van der Waals surface area contributed by atoms with E-state index in [9.17, 15) is 14.7 Å². The van der Waals surface area contributed by atoms with E-state index < -0.39 is 0 Å². The lowest BCUT2D eigenvalue weighted by atomic mass is 10.1. The summed E-state index contributed by atoms with van der Waals surface area (Å²) in [6, 6.07) is 5.91. The van der Waals surface area contributed by atoms with Gasteiger partial charge in [0.25, 0.3) is 5.91 Å². The van der Waals surface area contributed by atoms with Crippen molar-refractivity contribution in [3.63, 3.8) is 0 Å². The Bertz CT molecular complexity index is 674. The van der Waals surface area contributed by atoms with Crippen molar-refractivity contribution in [3.05, 3.63) is 54.4 Å². The number of aromatic nitrogens is 2. The number of ketones is 1. The molecule has 2 aromatic rings. The fourth-order valence-electron chi connectivity index (χ4n) is 1.79. The normalized spacial score (nSPS) is 10.1. The molecule has 0 aliphatic heterocycles. The summed E-state index contributed by atoms with van der Waals surface area (Å²) in [5.41, 5.74) is 0.824. The number of hydrogen-bond acceptors (Lipinski definition) is 4. The van der Waals surface area contributed by atoms with E-state index in [4.69, 9.17) is 0 Å². The highest BCUT2D eigenvalue weighted by atomic mass is 16.3. The summed E-state index contributed by atoms with van der Waals surface area (Å²) < 4.78 is 1.42. The fourth-order valence-corrected chi connectivity index (χ4v) is 1.79. The maximum Gasteiger partial charge on any atom is 0.257 e. The molecule has 0 atom stereocenters. The minimum atomic E-state index is -0.296. The summed E-state index contributed by atoms with van der Waals surface area (Å²) in [6.07, 6.45) is 4.43. The van der Waals surface area contributed by atoms with Crippen molar-refractivity contribution in [3.8, 4) is 5.75 Å². The summed E-state index contributed by atoms with van der Waals surface area (Å²) >= 11 is 0. The largest absolute Gasteiger partial charge is 0.508 e. The minimum absolute atomic E-state index is 0.0527. The van der Waals surface area contributed by atoms with Crippen molar-refractivity contribution >= 4 is 17.9 Å². The number of hydrogen-bond donors (Lipinski definition) is 1. The standard InChI is InChI=1S/C15H15N3O3/c1-3-18-9-12(8-16-18)15(21)17(2)10-14(20)11-4-6-13(19)7-5-11/h3-9,19H,1,10H2,2H3. The van der Waals surface area contributed by atoms with Crippen molar-refractivity contribution < 1.29 is 14.7 Å². The topological polar surface area (TPSA) is 75.4 Å². The summed E-state index contributed by atoms with van der Waals surface area (Å²) in [5, 5.41) is 13.1. The van der Waals surface area contributed by atoms with Crippen LogP contribution < -0.4 is 0 Å². The molecule has 1 aromatic carbocycles. The van der Waals surface area contributed by atoms with Crippen LogP contribution in [0.4, 0.5) is 0 Å². The third-order valence-corrected chi connectivity index (χ3v) is 2.95. The van der Waals surface area contributed by atoms with Crippen molar-refractivity contribution in [2.45, 2.75) is 0 Å². The van der Waals surface area contributed by atoms with E-state index in [1.807, 2.05) is 0 Å². The monoisotopic (exact) mass is 285 g/mol. The number of nitrogens with zero attached hydrogens (tertiary/aromatic N) is 3. The van der Waals surface area contributed by atoms with Crippen LogP contribution in [0.3, 0.4) is 0 Å². The Labute approximate surface area is 121 Å². The molecular formula is C15H15N3O3. The molecule has 2 rings (SSSR count). The summed E-state index contributed by atoms with van der Waals surface area (Å²) in [6.45, 7) is 3.49. The van der Waals surface area contributed by atoms with E-state index in [0.29, 0.717) is 11.1 Å². The Kier molecular flexibility index (Phi) is 4.18. The van der Waals surface area contributed by atoms with Gasteiger partial charge >= 0.3 is 0 Å². The molecule has 0 radical (unpaired) electrons. The van der Waals surface area contributed by atoms with Crippen LogP contribution >= 0.6 is 0 Å². The van der Waals surface area contributed by atoms with Crippen LogP contribution in [0.25, 0.3) is 6.20 Å². The molecule has 6 nitrogen and oxygen atoms in total. The lowest BCUT2D eigenvalue weighted by Crippen LogP contribution is -2.31. The maximum absolute atomic E-state index is 12.1. The van der Waals surface area contributed by atoms with E-state index >= 15 is 0 Å². The number of phenols is 1. The zero-order valence-corrected chi connectivity index (χ0v) is 11.6. The maximum atomic E-state index is 12.1. The second-order valence-corrected chi connectivity index (χ2v) is 4.52. The van der Waals surface area contributed by atoms with E-state index in [1.54, 1.807) is 7.05 Å². The van der Waals surface area contributed by atoms with E-state index in [0.717, 1.165) is 0 Å². The molecule has 0 aliphatic carbocycles. The van der Waals surface area contributed by atoms with Gasteiger partial charge in [0.1, 0.15) is 5.75 Å². The molecule has 1 amide bonds. The molecule has 0 saturated heterocycles. The Morgan fingerprint density at radius 1 is 1.33 bits per heavy atom. The third-order valence-electron chi connectivity index (χ3n) is 2.95. The number of benzene rings is 1. The van der Waals surface area contributed by atoms with Gasteiger partial charge in [0.2, 0.25) is 0 Å². The number of rotatable bonds is 5. The first-order valence-electron chi connectivity index (χ1n) is 6.25. The first-order chi connectivity index (χ1) is 10.0. The second-order valence-electron chi connectivity index (χ2n) is 4.52. The van der Waals surface area contributed by atoms with E-state index in [1.165, 1.54) is 52.4 Å². The average molecular weight is 285 g/mol.